The molecule has 0 aliphatic rings. The Kier molecular flexibility index (Phi) is 6.99. The number of hydrogen-bond donors (Lipinski definition) is 1. The Morgan fingerprint density at radius 1 is 1.22 bits per heavy atom. The molecule has 0 aliphatic heterocycles. The van der Waals surface area contributed by atoms with Crippen LogP contribution in [-0.2, 0) is 11.2 Å². The van der Waals surface area contributed by atoms with E-state index in [0.717, 1.165) is 25.9 Å². The number of nitrogens with one attached hydrogen (secondary N) is 1. The summed E-state index contributed by atoms with van der Waals surface area (Å²) < 4.78 is 5.39. The lowest BCUT2D eigenvalue weighted by molar-refractivity contribution is 0.0947. The maximum atomic E-state index is 5.39. The van der Waals surface area contributed by atoms with Crippen molar-refractivity contribution < 1.29 is 4.74 Å². The monoisotopic (exact) mass is 249 g/mol. The predicted octanol–water partition coefficient (Wildman–Crippen LogP) is 3.19. The number of hydrogen-bond acceptors (Lipinski definition) is 2. The summed E-state index contributed by atoms with van der Waals surface area (Å²) in [7, 11) is 1.79. The molecule has 18 heavy (non-hydrogen) atoms. The average Bonchev–Trinajstić information content (AvgIpc) is 2.38. The summed E-state index contributed by atoms with van der Waals surface area (Å²) in [5.74, 6) is 0.641. The van der Waals surface area contributed by atoms with E-state index in [2.05, 4.69) is 50.4 Å². The second-order valence-corrected chi connectivity index (χ2v) is 5.15. The second-order valence-electron chi connectivity index (χ2n) is 5.15. The van der Waals surface area contributed by atoms with Gasteiger partial charge in [0.2, 0.25) is 0 Å². The maximum absolute atomic E-state index is 5.39. The molecular formula is C16H27NO. The number of rotatable bonds is 8. The first-order valence-electron chi connectivity index (χ1n) is 6.94. The van der Waals surface area contributed by atoms with Crippen LogP contribution < -0.4 is 5.32 Å². The molecule has 0 saturated heterocycles. The molecule has 1 rings (SSSR count). The van der Waals surface area contributed by atoms with Gasteiger partial charge in [-0.05, 0) is 51.3 Å². The molecule has 0 aliphatic carbocycles. The smallest absolute Gasteiger partial charge is 0.0546 e. The second kappa shape index (κ2) is 8.28. The Morgan fingerprint density at radius 2 is 1.89 bits per heavy atom. The van der Waals surface area contributed by atoms with Crippen LogP contribution in [0, 0.1) is 12.8 Å². The number of ether oxygens (including phenoxy) is 1. The fraction of sp³-hybridized carbons (Fsp3) is 0.625. The quantitative estimate of drug-likeness (QED) is 0.764. The van der Waals surface area contributed by atoms with Crippen molar-refractivity contribution in [3.63, 3.8) is 0 Å². The zero-order valence-corrected chi connectivity index (χ0v) is 12.2. The van der Waals surface area contributed by atoms with Gasteiger partial charge in [-0.25, -0.2) is 0 Å². The summed E-state index contributed by atoms with van der Waals surface area (Å²) in [6, 6.07) is 8.87. The lowest BCUT2D eigenvalue weighted by atomic mass is 9.93. The highest BCUT2D eigenvalue weighted by Gasteiger charge is 2.13. The standard InChI is InChI=1S/C16H27NO/c1-5-17-12-16(10-14(3)18-4)11-15-8-6-13(2)7-9-15/h6-9,14,16-17H,5,10-12H2,1-4H3. The molecule has 0 radical (unpaired) electrons. The first-order chi connectivity index (χ1) is 8.65. The molecule has 0 amide bonds. The van der Waals surface area contributed by atoms with Gasteiger partial charge in [-0.15, -0.1) is 0 Å². The van der Waals surface area contributed by atoms with Crippen LogP contribution in [0.25, 0.3) is 0 Å². The third-order valence-electron chi connectivity index (χ3n) is 3.40. The summed E-state index contributed by atoms with van der Waals surface area (Å²) in [5.41, 5.74) is 2.75. The van der Waals surface area contributed by atoms with Crippen molar-refractivity contribution in [1.82, 2.24) is 5.32 Å². The molecule has 1 aromatic rings. The largest absolute Gasteiger partial charge is 0.382 e. The lowest BCUT2D eigenvalue weighted by Gasteiger charge is -2.21. The van der Waals surface area contributed by atoms with E-state index in [0.29, 0.717) is 12.0 Å². The molecular weight excluding hydrogens is 222 g/mol. The van der Waals surface area contributed by atoms with Gasteiger partial charge in [-0.3, -0.25) is 0 Å². The van der Waals surface area contributed by atoms with Crippen LogP contribution in [0.2, 0.25) is 0 Å². The molecule has 0 bridgehead atoms. The number of benzene rings is 1. The van der Waals surface area contributed by atoms with Gasteiger partial charge < -0.3 is 10.1 Å². The fourth-order valence-corrected chi connectivity index (χ4v) is 2.21. The van der Waals surface area contributed by atoms with Crippen molar-refractivity contribution in [3.05, 3.63) is 35.4 Å². The first-order valence-corrected chi connectivity index (χ1v) is 6.94. The van der Waals surface area contributed by atoms with Crippen LogP contribution in [0.1, 0.15) is 31.4 Å². The van der Waals surface area contributed by atoms with E-state index < -0.39 is 0 Å². The summed E-state index contributed by atoms with van der Waals surface area (Å²) in [4.78, 5) is 0. The molecule has 1 aromatic carbocycles. The van der Waals surface area contributed by atoms with E-state index in [1.165, 1.54) is 11.1 Å². The minimum absolute atomic E-state index is 0.333. The molecule has 0 aromatic heterocycles. The summed E-state index contributed by atoms with van der Waals surface area (Å²) >= 11 is 0. The molecule has 2 unspecified atom stereocenters. The van der Waals surface area contributed by atoms with E-state index in [1.54, 1.807) is 7.11 Å². The van der Waals surface area contributed by atoms with E-state index >= 15 is 0 Å². The SMILES string of the molecule is CCNCC(Cc1ccc(C)cc1)CC(C)OC. The molecule has 0 saturated carbocycles. The van der Waals surface area contributed by atoms with Crippen molar-refractivity contribution >= 4 is 0 Å². The Morgan fingerprint density at radius 3 is 2.44 bits per heavy atom. The Balaban J connectivity index is 2.56. The van der Waals surface area contributed by atoms with Crippen LogP contribution in [0.3, 0.4) is 0 Å². The van der Waals surface area contributed by atoms with E-state index in [1.807, 2.05) is 0 Å². The number of aryl methyl sites for hydroxylation is 1. The van der Waals surface area contributed by atoms with Crippen molar-refractivity contribution in [2.24, 2.45) is 5.92 Å². The normalized spacial score (nSPS) is 14.4. The Labute approximate surface area is 112 Å². The minimum Gasteiger partial charge on any atom is -0.382 e. The third kappa shape index (κ3) is 5.65. The van der Waals surface area contributed by atoms with Gasteiger partial charge in [0, 0.05) is 7.11 Å². The van der Waals surface area contributed by atoms with Gasteiger partial charge in [0.15, 0.2) is 0 Å². The van der Waals surface area contributed by atoms with Crippen LogP contribution in [0.15, 0.2) is 24.3 Å². The molecule has 0 spiro atoms. The molecule has 0 fully saturated rings. The Bertz CT molecular complexity index is 320. The van der Waals surface area contributed by atoms with Crippen LogP contribution in [0.5, 0.6) is 0 Å². The lowest BCUT2D eigenvalue weighted by Crippen LogP contribution is -2.27. The summed E-state index contributed by atoms with van der Waals surface area (Å²) in [5, 5.41) is 3.45. The maximum Gasteiger partial charge on any atom is 0.0546 e. The topological polar surface area (TPSA) is 21.3 Å². The van der Waals surface area contributed by atoms with Gasteiger partial charge in [-0.1, -0.05) is 36.8 Å². The minimum atomic E-state index is 0.333. The van der Waals surface area contributed by atoms with Gasteiger partial charge in [0.05, 0.1) is 6.10 Å². The molecule has 2 heteroatoms. The molecule has 102 valence electrons. The van der Waals surface area contributed by atoms with Gasteiger partial charge >= 0.3 is 0 Å². The van der Waals surface area contributed by atoms with Crippen molar-refractivity contribution in [1.29, 1.82) is 0 Å². The predicted molar refractivity (Wildman–Crippen MR) is 78.0 cm³/mol. The summed E-state index contributed by atoms with van der Waals surface area (Å²) in [6.07, 6.45) is 2.57. The van der Waals surface area contributed by atoms with Crippen LogP contribution in [-0.4, -0.2) is 26.3 Å². The third-order valence-corrected chi connectivity index (χ3v) is 3.40. The first kappa shape index (κ1) is 15.2. The highest BCUT2D eigenvalue weighted by Crippen LogP contribution is 2.15. The summed E-state index contributed by atoms with van der Waals surface area (Å²) in [6.45, 7) is 8.54. The van der Waals surface area contributed by atoms with Gasteiger partial charge in [0.25, 0.3) is 0 Å². The zero-order chi connectivity index (χ0) is 13.4. The molecule has 2 atom stereocenters. The van der Waals surface area contributed by atoms with E-state index in [9.17, 15) is 0 Å². The molecule has 2 nitrogen and oxygen atoms in total. The Hall–Kier alpha value is -0.860. The van der Waals surface area contributed by atoms with Crippen LogP contribution >= 0.6 is 0 Å². The molecule has 0 heterocycles. The zero-order valence-electron chi connectivity index (χ0n) is 12.2. The van der Waals surface area contributed by atoms with E-state index in [4.69, 9.17) is 4.74 Å². The highest BCUT2D eigenvalue weighted by molar-refractivity contribution is 5.21. The van der Waals surface area contributed by atoms with Crippen LogP contribution in [0.4, 0.5) is 0 Å². The van der Waals surface area contributed by atoms with Gasteiger partial charge in [-0.2, -0.15) is 0 Å². The fourth-order valence-electron chi connectivity index (χ4n) is 2.21. The van der Waals surface area contributed by atoms with Crippen molar-refractivity contribution in [2.75, 3.05) is 20.2 Å². The van der Waals surface area contributed by atoms with Crippen molar-refractivity contribution in [3.8, 4) is 0 Å². The average molecular weight is 249 g/mol. The van der Waals surface area contributed by atoms with E-state index in [-0.39, 0.29) is 0 Å². The molecule has 1 N–H and O–H groups in total. The number of methoxy groups -OCH3 is 1. The van der Waals surface area contributed by atoms with Gasteiger partial charge in [0.1, 0.15) is 0 Å². The highest BCUT2D eigenvalue weighted by atomic mass is 16.5. The van der Waals surface area contributed by atoms with Crippen molar-refractivity contribution in [2.45, 2.75) is 39.7 Å².